The highest BCUT2D eigenvalue weighted by atomic mass is 19.1. The van der Waals surface area contributed by atoms with Crippen LogP contribution in [0.3, 0.4) is 0 Å². The number of carbonyl (C=O) groups excluding carboxylic acids is 1. The van der Waals surface area contributed by atoms with Crippen molar-refractivity contribution in [2.24, 2.45) is 0 Å². The number of carbonyl (C=O) groups is 1. The van der Waals surface area contributed by atoms with Gasteiger partial charge in [0.2, 0.25) is 0 Å². The maximum absolute atomic E-state index is 13.5. The Balaban J connectivity index is 2.21. The monoisotopic (exact) mass is 280 g/mol. The zero-order valence-corrected chi connectivity index (χ0v) is 11.7. The van der Waals surface area contributed by atoms with E-state index in [0.717, 1.165) is 0 Å². The lowest BCUT2D eigenvalue weighted by Gasteiger charge is -2.20. The van der Waals surface area contributed by atoms with Crippen molar-refractivity contribution in [1.29, 1.82) is 0 Å². The number of ether oxygens (including phenoxy) is 3. The van der Waals surface area contributed by atoms with Gasteiger partial charge in [-0.25, -0.2) is 9.18 Å². The van der Waals surface area contributed by atoms with Crippen LogP contribution in [0.25, 0.3) is 6.08 Å². The highest BCUT2D eigenvalue weighted by molar-refractivity contribution is 5.88. The van der Waals surface area contributed by atoms with E-state index < -0.39 is 17.4 Å². The van der Waals surface area contributed by atoms with Crippen LogP contribution in [-0.4, -0.2) is 18.4 Å². The number of fused-ring (bicyclic) bond motifs is 1. The van der Waals surface area contributed by atoms with Crippen molar-refractivity contribution in [3.05, 3.63) is 35.2 Å². The molecule has 0 aliphatic carbocycles. The first-order chi connectivity index (χ1) is 9.35. The van der Waals surface area contributed by atoms with Gasteiger partial charge in [-0.3, -0.25) is 0 Å². The molecule has 1 aliphatic rings. The first-order valence-electron chi connectivity index (χ1n) is 6.29. The van der Waals surface area contributed by atoms with Crippen LogP contribution in [0.5, 0.6) is 5.75 Å². The summed E-state index contributed by atoms with van der Waals surface area (Å²) in [4.78, 5) is 11.6. The van der Waals surface area contributed by atoms with Crippen LogP contribution in [0.2, 0.25) is 0 Å². The summed E-state index contributed by atoms with van der Waals surface area (Å²) in [6, 6.07) is 2.67. The number of hydrogen-bond acceptors (Lipinski definition) is 4. The molecule has 20 heavy (non-hydrogen) atoms. The van der Waals surface area contributed by atoms with Gasteiger partial charge in [-0.05, 0) is 39.0 Å². The lowest BCUT2D eigenvalue weighted by atomic mass is 10.1. The molecule has 1 aromatic carbocycles. The Hall–Kier alpha value is -1.88. The molecule has 0 atom stereocenters. The normalized spacial score (nSPS) is 14.8. The number of hydrogen-bond donors (Lipinski definition) is 0. The maximum atomic E-state index is 13.5. The molecule has 0 amide bonds. The van der Waals surface area contributed by atoms with Crippen LogP contribution in [0.1, 0.15) is 31.9 Å². The van der Waals surface area contributed by atoms with E-state index in [-0.39, 0.29) is 6.79 Å². The second-order valence-electron chi connectivity index (χ2n) is 5.46. The molecule has 0 bridgehead atoms. The Morgan fingerprint density at radius 1 is 1.40 bits per heavy atom. The van der Waals surface area contributed by atoms with Crippen LogP contribution in [0.4, 0.5) is 4.39 Å². The molecule has 0 aromatic heterocycles. The van der Waals surface area contributed by atoms with E-state index >= 15 is 0 Å². The summed E-state index contributed by atoms with van der Waals surface area (Å²) in [7, 11) is 0. The summed E-state index contributed by atoms with van der Waals surface area (Å²) >= 11 is 0. The molecule has 0 unspecified atom stereocenters. The number of halogens is 1. The van der Waals surface area contributed by atoms with Crippen molar-refractivity contribution in [3.63, 3.8) is 0 Å². The third-order valence-electron chi connectivity index (χ3n) is 2.51. The number of esters is 1. The Bertz CT molecular complexity index is 544. The maximum Gasteiger partial charge on any atom is 0.331 e. The first kappa shape index (κ1) is 14.5. The quantitative estimate of drug-likeness (QED) is 0.617. The van der Waals surface area contributed by atoms with Crippen LogP contribution in [0, 0.1) is 5.82 Å². The summed E-state index contributed by atoms with van der Waals surface area (Å²) in [5.74, 6) is -0.346. The van der Waals surface area contributed by atoms with Crippen molar-refractivity contribution in [1.82, 2.24) is 0 Å². The first-order valence-corrected chi connectivity index (χ1v) is 6.29. The van der Waals surface area contributed by atoms with E-state index in [1.54, 1.807) is 20.8 Å². The fraction of sp³-hybridized carbons (Fsp3) is 0.400. The fourth-order valence-corrected chi connectivity index (χ4v) is 1.83. The minimum atomic E-state index is -0.562. The van der Waals surface area contributed by atoms with Gasteiger partial charge in [-0.2, -0.15) is 0 Å². The van der Waals surface area contributed by atoms with E-state index in [1.807, 2.05) is 0 Å². The molecule has 0 fully saturated rings. The van der Waals surface area contributed by atoms with E-state index in [1.165, 1.54) is 24.3 Å². The molecule has 2 rings (SSSR count). The molecule has 4 nitrogen and oxygen atoms in total. The molecule has 0 saturated heterocycles. The smallest absolute Gasteiger partial charge is 0.331 e. The average molecular weight is 280 g/mol. The molecule has 0 spiro atoms. The van der Waals surface area contributed by atoms with Crippen LogP contribution in [0.15, 0.2) is 18.2 Å². The fourth-order valence-electron chi connectivity index (χ4n) is 1.83. The van der Waals surface area contributed by atoms with Gasteiger partial charge in [0.1, 0.15) is 17.2 Å². The molecule has 0 N–H and O–H groups in total. The molecule has 108 valence electrons. The molecule has 1 heterocycles. The Morgan fingerprint density at radius 2 is 2.15 bits per heavy atom. The van der Waals surface area contributed by atoms with Gasteiger partial charge in [0.15, 0.2) is 6.79 Å². The van der Waals surface area contributed by atoms with Crippen molar-refractivity contribution in [3.8, 4) is 5.75 Å². The van der Waals surface area contributed by atoms with Crippen molar-refractivity contribution >= 4 is 12.0 Å². The molecule has 1 aromatic rings. The van der Waals surface area contributed by atoms with Gasteiger partial charge in [-0.15, -0.1) is 0 Å². The Labute approximate surface area is 117 Å². The van der Waals surface area contributed by atoms with E-state index in [4.69, 9.17) is 14.2 Å². The third kappa shape index (κ3) is 3.81. The lowest BCUT2D eigenvalue weighted by Crippen LogP contribution is -2.22. The zero-order valence-electron chi connectivity index (χ0n) is 11.7. The van der Waals surface area contributed by atoms with Crippen LogP contribution >= 0.6 is 0 Å². The Morgan fingerprint density at radius 3 is 2.85 bits per heavy atom. The number of rotatable bonds is 2. The van der Waals surface area contributed by atoms with Gasteiger partial charge >= 0.3 is 5.97 Å². The van der Waals surface area contributed by atoms with Crippen molar-refractivity contribution < 1.29 is 23.4 Å². The molecular formula is C15H17FO4. The predicted molar refractivity (Wildman–Crippen MR) is 71.6 cm³/mol. The Kier molecular flexibility index (Phi) is 4.09. The summed E-state index contributed by atoms with van der Waals surface area (Å²) in [5.41, 5.74) is 0.557. The molecule has 0 saturated carbocycles. The number of benzene rings is 1. The summed E-state index contributed by atoms with van der Waals surface area (Å²) in [6.45, 7) is 5.75. The van der Waals surface area contributed by atoms with E-state index in [0.29, 0.717) is 23.5 Å². The largest absolute Gasteiger partial charge is 0.467 e. The lowest BCUT2D eigenvalue weighted by molar-refractivity contribution is -0.148. The second kappa shape index (κ2) is 5.63. The third-order valence-corrected chi connectivity index (χ3v) is 2.51. The van der Waals surface area contributed by atoms with Gasteiger partial charge in [0, 0.05) is 17.2 Å². The molecular weight excluding hydrogens is 263 g/mol. The van der Waals surface area contributed by atoms with E-state index in [2.05, 4.69) is 0 Å². The minimum absolute atomic E-state index is 0.117. The predicted octanol–water partition coefficient (Wildman–Crippen LogP) is 3.05. The summed E-state index contributed by atoms with van der Waals surface area (Å²) in [5, 5.41) is 0. The van der Waals surface area contributed by atoms with Gasteiger partial charge < -0.3 is 14.2 Å². The standard InChI is InChI=1S/C15H17FO4/c1-15(2,3)20-13(17)5-4-10-6-12(16)7-11-8-18-9-19-14(10)11/h4-7H,8-9H2,1-3H3/b5-4+. The van der Waals surface area contributed by atoms with Crippen molar-refractivity contribution in [2.45, 2.75) is 33.0 Å². The van der Waals surface area contributed by atoms with Gasteiger partial charge in [-0.1, -0.05) is 0 Å². The molecule has 5 heteroatoms. The van der Waals surface area contributed by atoms with Crippen LogP contribution < -0.4 is 4.74 Å². The summed E-state index contributed by atoms with van der Waals surface area (Å²) in [6.07, 6.45) is 2.75. The highest BCUT2D eigenvalue weighted by Gasteiger charge is 2.17. The summed E-state index contributed by atoms with van der Waals surface area (Å²) < 4.78 is 29.1. The second-order valence-corrected chi connectivity index (χ2v) is 5.46. The van der Waals surface area contributed by atoms with Crippen molar-refractivity contribution in [2.75, 3.05) is 6.79 Å². The van der Waals surface area contributed by atoms with E-state index in [9.17, 15) is 9.18 Å². The highest BCUT2D eigenvalue weighted by Crippen LogP contribution is 2.30. The topological polar surface area (TPSA) is 44.8 Å². The molecule has 1 aliphatic heterocycles. The van der Waals surface area contributed by atoms with Gasteiger partial charge in [0.05, 0.1) is 6.61 Å². The van der Waals surface area contributed by atoms with Gasteiger partial charge in [0.25, 0.3) is 0 Å². The zero-order chi connectivity index (χ0) is 14.8. The minimum Gasteiger partial charge on any atom is -0.467 e. The average Bonchev–Trinajstić information content (AvgIpc) is 2.33. The van der Waals surface area contributed by atoms with Crippen LogP contribution in [-0.2, 0) is 20.9 Å². The molecule has 0 radical (unpaired) electrons. The SMILES string of the molecule is CC(C)(C)OC(=O)/C=C/c1cc(F)cc2c1OCOC2.